The van der Waals surface area contributed by atoms with Gasteiger partial charge in [0.15, 0.2) is 9.84 Å². The second kappa shape index (κ2) is 5.29. The number of amides is 1. The average molecular weight is 256 g/mol. The van der Waals surface area contributed by atoms with Gasteiger partial charge in [-0.05, 0) is 24.6 Å². The first-order valence-corrected chi connectivity index (χ1v) is 7.09. The molecule has 1 unspecified atom stereocenters. The van der Waals surface area contributed by atoms with Crippen molar-refractivity contribution in [3.63, 3.8) is 0 Å². The van der Waals surface area contributed by atoms with Gasteiger partial charge in [-0.2, -0.15) is 0 Å². The van der Waals surface area contributed by atoms with Crippen LogP contribution in [0.4, 0.5) is 5.69 Å². The van der Waals surface area contributed by atoms with Gasteiger partial charge in [-0.3, -0.25) is 4.79 Å². The Bertz CT molecular complexity index is 494. The van der Waals surface area contributed by atoms with Gasteiger partial charge in [-0.25, -0.2) is 8.42 Å². The lowest BCUT2D eigenvalue weighted by Gasteiger charge is -2.10. The summed E-state index contributed by atoms with van der Waals surface area (Å²) in [6, 6.07) is 6.94. The highest BCUT2D eigenvalue weighted by Gasteiger charge is 2.23. The summed E-state index contributed by atoms with van der Waals surface area (Å²) in [6.45, 7) is 1.78. The number of nitrogens with two attached hydrogens (primary N) is 1. The third-order valence-electron chi connectivity index (χ3n) is 2.47. The molecular formula is C11H16N2O3S. The summed E-state index contributed by atoms with van der Waals surface area (Å²) in [5.41, 5.74) is 6.94. The number of sulfone groups is 1. The van der Waals surface area contributed by atoms with Crippen LogP contribution in [-0.2, 0) is 21.2 Å². The van der Waals surface area contributed by atoms with E-state index in [1.807, 2.05) is 0 Å². The van der Waals surface area contributed by atoms with Gasteiger partial charge < -0.3 is 11.1 Å². The Morgan fingerprint density at radius 3 is 2.29 bits per heavy atom. The van der Waals surface area contributed by atoms with Crippen LogP contribution in [0.1, 0.15) is 12.5 Å². The van der Waals surface area contributed by atoms with Crippen molar-refractivity contribution in [2.75, 3.05) is 11.6 Å². The van der Waals surface area contributed by atoms with Crippen LogP contribution in [0.25, 0.3) is 0 Å². The Kier molecular flexibility index (Phi) is 4.25. The monoisotopic (exact) mass is 256 g/mol. The minimum atomic E-state index is -3.37. The van der Waals surface area contributed by atoms with Crippen LogP contribution in [0.15, 0.2) is 24.3 Å². The number of carbonyl (C=O) groups excluding carboxylic acids is 1. The highest BCUT2D eigenvalue weighted by Crippen LogP contribution is 2.10. The molecule has 0 bridgehead atoms. The molecule has 0 aromatic heterocycles. The van der Waals surface area contributed by atoms with E-state index in [1.165, 1.54) is 6.92 Å². The van der Waals surface area contributed by atoms with Crippen molar-refractivity contribution >= 4 is 21.4 Å². The van der Waals surface area contributed by atoms with E-state index in [9.17, 15) is 13.2 Å². The molecule has 0 aliphatic carbocycles. The Labute approximate surface area is 101 Å². The molecule has 94 valence electrons. The highest BCUT2D eigenvalue weighted by molar-refractivity contribution is 7.92. The zero-order valence-electron chi connectivity index (χ0n) is 9.80. The second-order valence-corrected chi connectivity index (χ2v) is 6.23. The molecule has 6 heteroatoms. The van der Waals surface area contributed by atoms with E-state index in [0.29, 0.717) is 12.2 Å². The molecule has 5 nitrogen and oxygen atoms in total. The van der Waals surface area contributed by atoms with E-state index < -0.39 is 21.0 Å². The molecule has 0 aliphatic rings. The summed E-state index contributed by atoms with van der Waals surface area (Å²) in [5, 5.41) is 1.48. The Hall–Kier alpha value is -1.40. The average Bonchev–Trinajstić information content (AvgIpc) is 2.27. The molecule has 0 spiro atoms. The summed E-state index contributed by atoms with van der Waals surface area (Å²) in [7, 11) is -3.37. The fourth-order valence-corrected chi connectivity index (χ4v) is 1.61. The molecule has 17 heavy (non-hydrogen) atoms. The van der Waals surface area contributed by atoms with E-state index in [0.717, 1.165) is 11.8 Å². The first kappa shape index (κ1) is 13.7. The van der Waals surface area contributed by atoms with Crippen molar-refractivity contribution in [1.82, 2.24) is 0 Å². The van der Waals surface area contributed by atoms with Gasteiger partial charge in [0.1, 0.15) is 5.25 Å². The maximum Gasteiger partial charge on any atom is 0.242 e. The quantitative estimate of drug-likeness (QED) is 0.821. The molecule has 3 N–H and O–H groups in total. The van der Waals surface area contributed by atoms with Crippen molar-refractivity contribution in [3.8, 4) is 0 Å². The zero-order valence-corrected chi connectivity index (χ0v) is 10.6. The Balaban J connectivity index is 2.74. The topological polar surface area (TPSA) is 89.3 Å². The smallest absolute Gasteiger partial charge is 0.242 e. The molecule has 0 fully saturated rings. The predicted octanol–water partition coefficient (Wildman–Crippen LogP) is 0.517. The van der Waals surface area contributed by atoms with E-state index in [2.05, 4.69) is 5.32 Å². The maximum atomic E-state index is 11.6. The van der Waals surface area contributed by atoms with Gasteiger partial charge in [-0.1, -0.05) is 12.1 Å². The normalized spacial score (nSPS) is 13.1. The molecule has 0 saturated carbocycles. The molecule has 0 aliphatic heterocycles. The number of nitrogens with one attached hydrogen (secondary N) is 1. The van der Waals surface area contributed by atoms with Crippen LogP contribution in [0, 0.1) is 0 Å². The summed E-state index contributed by atoms with van der Waals surface area (Å²) in [5.74, 6) is -0.534. The lowest BCUT2D eigenvalue weighted by atomic mass is 10.2. The third kappa shape index (κ3) is 3.83. The third-order valence-corrected chi connectivity index (χ3v) is 3.97. The van der Waals surface area contributed by atoms with Gasteiger partial charge in [0.25, 0.3) is 0 Å². The Morgan fingerprint density at radius 1 is 1.35 bits per heavy atom. The second-order valence-electron chi connectivity index (χ2n) is 3.86. The van der Waals surface area contributed by atoms with Crippen LogP contribution in [0.3, 0.4) is 0 Å². The number of rotatable bonds is 4. The molecular weight excluding hydrogens is 240 g/mol. The van der Waals surface area contributed by atoms with Crippen molar-refractivity contribution < 1.29 is 13.2 Å². The summed E-state index contributed by atoms with van der Waals surface area (Å²) < 4.78 is 22.4. The van der Waals surface area contributed by atoms with Crippen LogP contribution in [0.5, 0.6) is 0 Å². The van der Waals surface area contributed by atoms with Gasteiger partial charge >= 0.3 is 0 Å². The number of hydrogen-bond acceptors (Lipinski definition) is 4. The number of benzene rings is 1. The van der Waals surface area contributed by atoms with Crippen molar-refractivity contribution in [3.05, 3.63) is 29.8 Å². The number of hydrogen-bond donors (Lipinski definition) is 2. The van der Waals surface area contributed by atoms with Gasteiger partial charge in [0.2, 0.25) is 5.91 Å². The van der Waals surface area contributed by atoms with E-state index in [4.69, 9.17) is 5.73 Å². The number of carbonyl (C=O) groups is 1. The van der Waals surface area contributed by atoms with Crippen LogP contribution < -0.4 is 11.1 Å². The lowest BCUT2D eigenvalue weighted by molar-refractivity contribution is -0.115. The lowest BCUT2D eigenvalue weighted by Crippen LogP contribution is -2.31. The molecule has 1 amide bonds. The minimum Gasteiger partial charge on any atom is -0.326 e. The SMILES string of the molecule is CC(C(=O)Nc1ccc(CN)cc1)S(C)(=O)=O. The summed E-state index contributed by atoms with van der Waals surface area (Å²) >= 11 is 0. The van der Waals surface area contributed by atoms with Crippen molar-refractivity contribution in [1.29, 1.82) is 0 Å². The molecule has 1 rings (SSSR count). The first-order valence-electron chi connectivity index (χ1n) is 5.13. The fraction of sp³-hybridized carbons (Fsp3) is 0.364. The molecule has 0 saturated heterocycles. The minimum absolute atomic E-state index is 0.425. The van der Waals surface area contributed by atoms with Gasteiger partial charge in [0.05, 0.1) is 0 Å². The largest absolute Gasteiger partial charge is 0.326 e. The van der Waals surface area contributed by atoms with E-state index in [1.54, 1.807) is 24.3 Å². The van der Waals surface area contributed by atoms with Crippen LogP contribution in [-0.4, -0.2) is 25.8 Å². The molecule has 0 radical (unpaired) electrons. The number of anilines is 1. The maximum absolute atomic E-state index is 11.6. The van der Waals surface area contributed by atoms with Crippen molar-refractivity contribution in [2.45, 2.75) is 18.7 Å². The fourth-order valence-electron chi connectivity index (χ4n) is 1.16. The van der Waals surface area contributed by atoms with E-state index >= 15 is 0 Å². The summed E-state index contributed by atoms with van der Waals surface area (Å²) in [6.07, 6.45) is 1.04. The van der Waals surface area contributed by atoms with Crippen LogP contribution in [0.2, 0.25) is 0 Å². The standard InChI is InChI=1S/C11H16N2O3S/c1-8(17(2,15)16)11(14)13-10-5-3-9(7-12)4-6-10/h3-6,8H,7,12H2,1-2H3,(H,13,14). The molecule has 1 aromatic carbocycles. The van der Waals surface area contributed by atoms with Crippen molar-refractivity contribution in [2.24, 2.45) is 5.73 Å². The highest BCUT2D eigenvalue weighted by atomic mass is 32.2. The molecule has 1 aromatic rings. The van der Waals surface area contributed by atoms with E-state index in [-0.39, 0.29) is 0 Å². The predicted molar refractivity (Wildman–Crippen MR) is 67.3 cm³/mol. The van der Waals surface area contributed by atoms with Gasteiger partial charge in [-0.15, -0.1) is 0 Å². The Morgan fingerprint density at radius 2 is 1.88 bits per heavy atom. The molecule has 1 atom stereocenters. The first-order chi connectivity index (χ1) is 7.84. The summed E-state index contributed by atoms with van der Waals surface area (Å²) in [4.78, 5) is 11.6. The zero-order chi connectivity index (χ0) is 13.1. The van der Waals surface area contributed by atoms with Crippen LogP contribution >= 0.6 is 0 Å². The molecule has 0 heterocycles. The van der Waals surface area contributed by atoms with Gasteiger partial charge in [0, 0.05) is 18.5 Å².